The van der Waals surface area contributed by atoms with Crippen LogP contribution in [0.25, 0.3) is 11.1 Å². The van der Waals surface area contributed by atoms with Crippen molar-refractivity contribution >= 4 is 5.91 Å². The van der Waals surface area contributed by atoms with Gasteiger partial charge in [-0.3, -0.25) is 4.79 Å². The summed E-state index contributed by atoms with van der Waals surface area (Å²) in [5.41, 5.74) is 2.58. The molecule has 2 aromatic rings. The van der Waals surface area contributed by atoms with E-state index in [-0.39, 0.29) is 12.0 Å². The maximum Gasteiger partial charge on any atom is 0.268 e. The van der Waals surface area contributed by atoms with Crippen molar-refractivity contribution in [3.05, 3.63) is 48.3 Å². The molecule has 4 nitrogen and oxygen atoms in total. The van der Waals surface area contributed by atoms with Crippen LogP contribution in [0.3, 0.4) is 0 Å². The minimum absolute atomic E-state index is 0.0759. The molecule has 1 aromatic carbocycles. The molecule has 1 saturated heterocycles. The monoisotopic (exact) mass is 284 g/mol. The molecule has 1 aromatic heterocycles. The van der Waals surface area contributed by atoms with Crippen LogP contribution in [0.5, 0.6) is 0 Å². The number of amides is 1. The molecule has 1 amide bonds. The first-order chi connectivity index (χ1) is 10.3. The quantitative estimate of drug-likeness (QED) is 0.907. The Morgan fingerprint density at radius 3 is 2.86 bits per heavy atom. The fourth-order valence-electron chi connectivity index (χ4n) is 2.68. The van der Waals surface area contributed by atoms with E-state index in [1.165, 1.54) is 6.42 Å². The van der Waals surface area contributed by atoms with Crippen LogP contribution < -0.4 is 5.32 Å². The molecule has 0 radical (unpaired) electrons. The third-order valence-electron chi connectivity index (χ3n) is 3.82. The average Bonchev–Trinajstić information content (AvgIpc) is 3.04. The zero-order chi connectivity index (χ0) is 14.5. The number of carbonyl (C=O) groups excluding carboxylic acids is 1. The van der Waals surface area contributed by atoms with Gasteiger partial charge in [0.25, 0.3) is 5.91 Å². The van der Waals surface area contributed by atoms with Crippen LogP contribution in [0.15, 0.2) is 42.6 Å². The number of hydrogen-bond acceptors (Lipinski definition) is 2. The highest BCUT2D eigenvalue weighted by Crippen LogP contribution is 2.22. The predicted molar refractivity (Wildman–Crippen MR) is 82.2 cm³/mol. The molecule has 1 aliphatic rings. The molecule has 0 saturated carbocycles. The highest BCUT2D eigenvalue weighted by atomic mass is 16.5. The lowest BCUT2D eigenvalue weighted by molar-refractivity contribution is 0.0168. The summed E-state index contributed by atoms with van der Waals surface area (Å²) >= 11 is 0. The molecule has 110 valence electrons. The maximum absolute atomic E-state index is 12.3. The standard InChI is InChI=1S/C17H20N2O2/c20-17(19-12-14-8-4-5-11-21-14)16-15(9-10-18-16)13-6-2-1-3-7-13/h1-3,6-7,9-10,14,18H,4-5,8,11-12H2,(H,19,20). The molecule has 2 heterocycles. The number of hydrogen-bond donors (Lipinski definition) is 2. The zero-order valence-electron chi connectivity index (χ0n) is 12.0. The lowest BCUT2D eigenvalue weighted by atomic mass is 10.1. The largest absolute Gasteiger partial charge is 0.376 e. The summed E-state index contributed by atoms with van der Waals surface area (Å²) in [4.78, 5) is 15.4. The molecule has 2 N–H and O–H groups in total. The van der Waals surface area contributed by atoms with Crippen molar-refractivity contribution in [1.82, 2.24) is 10.3 Å². The van der Waals surface area contributed by atoms with Crippen LogP contribution in [-0.2, 0) is 4.74 Å². The van der Waals surface area contributed by atoms with Gasteiger partial charge < -0.3 is 15.0 Å². The van der Waals surface area contributed by atoms with Crippen LogP contribution >= 0.6 is 0 Å². The van der Waals surface area contributed by atoms with Gasteiger partial charge in [-0.05, 0) is 30.9 Å². The summed E-state index contributed by atoms with van der Waals surface area (Å²) < 4.78 is 5.64. The van der Waals surface area contributed by atoms with E-state index in [4.69, 9.17) is 4.74 Å². The number of aromatic nitrogens is 1. The molecule has 0 bridgehead atoms. The van der Waals surface area contributed by atoms with Gasteiger partial charge in [0.15, 0.2) is 0 Å². The van der Waals surface area contributed by atoms with Crippen LogP contribution in [0.4, 0.5) is 0 Å². The van der Waals surface area contributed by atoms with Crippen molar-refractivity contribution in [3.63, 3.8) is 0 Å². The molecule has 0 aliphatic carbocycles. The molecule has 1 fully saturated rings. The van der Waals surface area contributed by atoms with E-state index in [1.54, 1.807) is 6.20 Å². The normalized spacial score (nSPS) is 18.4. The van der Waals surface area contributed by atoms with Gasteiger partial charge in [0.1, 0.15) is 5.69 Å². The predicted octanol–water partition coefficient (Wildman–Crippen LogP) is 2.98. The van der Waals surface area contributed by atoms with Crippen molar-refractivity contribution in [3.8, 4) is 11.1 Å². The molecule has 3 rings (SSSR count). The summed E-state index contributed by atoms with van der Waals surface area (Å²) in [6.07, 6.45) is 5.28. The van der Waals surface area contributed by atoms with Crippen molar-refractivity contribution in [2.45, 2.75) is 25.4 Å². The SMILES string of the molecule is O=C(NCC1CCCCO1)c1[nH]ccc1-c1ccccc1. The van der Waals surface area contributed by atoms with Crippen molar-refractivity contribution in [1.29, 1.82) is 0 Å². The Labute approximate surface area is 124 Å². The summed E-state index contributed by atoms with van der Waals surface area (Å²) in [7, 11) is 0. The first-order valence-electron chi connectivity index (χ1n) is 7.47. The second-order valence-corrected chi connectivity index (χ2v) is 5.33. The van der Waals surface area contributed by atoms with E-state index >= 15 is 0 Å². The number of benzene rings is 1. The fraction of sp³-hybridized carbons (Fsp3) is 0.353. The summed E-state index contributed by atoms with van der Waals surface area (Å²) in [6, 6.07) is 11.9. The van der Waals surface area contributed by atoms with Gasteiger partial charge in [-0.2, -0.15) is 0 Å². The molecule has 4 heteroatoms. The topological polar surface area (TPSA) is 54.1 Å². The van der Waals surface area contributed by atoms with E-state index in [0.717, 1.165) is 30.6 Å². The zero-order valence-corrected chi connectivity index (χ0v) is 12.0. The Kier molecular flexibility index (Phi) is 4.36. The van der Waals surface area contributed by atoms with E-state index in [9.17, 15) is 4.79 Å². The van der Waals surface area contributed by atoms with Gasteiger partial charge in [0.05, 0.1) is 6.10 Å². The molecule has 0 spiro atoms. The number of rotatable bonds is 4. The van der Waals surface area contributed by atoms with Gasteiger partial charge in [0, 0.05) is 24.9 Å². The third-order valence-corrected chi connectivity index (χ3v) is 3.82. The third kappa shape index (κ3) is 3.34. The van der Waals surface area contributed by atoms with E-state index in [2.05, 4.69) is 10.3 Å². The Bertz CT molecular complexity index is 586. The second kappa shape index (κ2) is 6.59. The number of aromatic amines is 1. The van der Waals surface area contributed by atoms with E-state index in [1.807, 2.05) is 36.4 Å². The fourth-order valence-corrected chi connectivity index (χ4v) is 2.68. The summed E-state index contributed by atoms with van der Waals surface area (Å²) in [5.74, 6) is -0.0759. The van der Waals surface area contributed by atoms with Crippen molar-refractivity contribution in [2.24, 2.45) is 0 Å². The number of H-pyrrole nitrogens is 1. The van der Waals surface area contributed by atoms with Crippen LogP contribution in [0, 0.1) is 0 Å². The van der Waals surface area contributed by atoms with Crippen molar-refractivity contribution < 1.29 is 9.53 Å². The Morgan fingerprint density at radius 1 is 1.24 bits per heavy atom. The Hall–Kier alpha value is -2.07. The van der Waals surface area contributed by atoms with Gasteiger partial charge in [-0.15, -0.1) is 0 Å². The van der Waals surface area contributed by atoms with Crippen LogP contribution in [-0.4, -0.2) is 30.1 Å². The van der Waals surface area contributed by atoms with Gasteiger partial charge in [0.2, 0.25) is 0 Å². The van der Waals surface area contributed by atoms with Crippen LogP contribution in [0.1, 0.15) is 29.8 Å². The number of nitrogens with one attached hydrogen (secondary N) is 2. The maximum atomic E-state index is 12.3. The highest BCUT2D eigenvalue weighted by Gasteiger charge is 2.18. The minimum Gasteiger partial charge on any atom is -0.376 e. The summed E-state index contributed by atoms with van der Waals surface area (Å²) in [5, 5.41) is 2.97. The number of ether oxygens (including phenoxy) is 1. The lowest BCUT2D eigenvalue weighted by Gasteiger charge is -2.22. The molecule has 1 unspecified atom stereocenters. The molecule has 1 aliphatic heterocycles. The molecule has 1 atom stereocenters. The average molecular weight is 284 g/mol. The first-order valence-corrected chi connectivity index (χ1v) is 7.47. The molecular formula is C17H20N2O2. The Balaban J connectivity index is 1.66. The molecule has 21 heavy (non-hydrogen) atoms. The van der Waals surface area contributed by atoms with Gasteiger partial charge in [-0.1, -0.05) is 30.3 Å². The number of carbonyl (C=O) groups is 1. The van der Waals surface area contributed by atoms with Gasteiger partial charge >= 0.3 is 0 Å². The summed E-state index contributed by atoms with van der Waals surface area (Å²) in [6.45, 7) is 1.38. The van der Waals surface area contributed by atoms with Gasteiger partial charge in [-0.25, -0.2) is 0 Å². The van der Waals surface area contributed by atoms with Crippen LogP contribution in [0.2, 0.25) is 0 Å². The van der Waals surface area contributed by atoms with E-state index in [0.29, 0.717) is 12.2 Å². The Morgan fingerprint density at radius 2 is 2.10 bits per heavy atom. The minimum atomic E-state index is -0.0759. The van der Waals surface area contributed by atoms with E-state index < -0.39 is 0 Å². The van der Waals surface area contributed by atoms with Crippen molar-refractivity contribution in [2.75, 3.05) is 13.2 Å². The second-order valence-electron chi connectivity index (χ2n) is 5.33. The first kappa shape index (κ1) is 13.9. The smallest absolute Gasteiger partial charge is 0.268 e. The lowest BCUT2D eigenvalue weighted by Crippen LogP contribution is -2.35. The highest BCUT2D eigenvalue weighted by molar-refractivity contribution is 5.99. The molecular weight excluding hydrogens is 264 g/mol.